The van der Waals surface area contributed by atoms with Crippen LogP contribution in [0.4, 0.5) is 0 Å². The molecule has 30 heavy (non-hydrogen) atoms. The molecular weight excluding hydrogens is 398 g/mol. The number of aromatic nitrogens is 3. The van der Waals surface area contributed by atoms with Crippen molar-refractivity contribution in [1.29, 1.82) is 0 Å². The molecule has 0 atom stereocenters. The van der Waals surface area contributed by atoms with Gasteiger partial charge in [-0.2, -0.15) is 0 Å². The third kappa shape index (κ3) is 4.26. The van der Waals surface area contributed by atoms with Gasteiger partial charge < -0.3 is 4.74 Å². The first-order valence-corrected chi connectivity index (χ1v) is 10.3. The van der Waals surface area contributed by atoms with Crippen molar-refractivity contribution in [2.24, 2.45) is 0 Å². The number of carbonyl (C=O) groups excluding carboxylic acids is 1. The fourth-order valence-electron chi connectivity index (χ4n) is 3.13. The van der Waals surface area contributed by atoms with Crippen molar-refractivity contribution >= 4 is 28.6 Å². The Labute approximate surface area is 177 Å². The lowest BCUT2D eigenvalue weighted by molar-refractivity contribution is 0.0600. The molecule has 0 aliphatic rings. The predicted molar refractivity (Wildman–Crippen MR) is 117 cm³/mol. The Morgan fingerprint density at radius 2 is 1.90 bits per heavy atom. The summed E-state index contributed by atoms with van der Waals surface area (Å²) < 4.78 is 6.47. The molecule has 2 aromatic carbocycles. The molecule has 2 aromatic heterocycles. The summed E-state index contributed by atoms with van der Waals surface area (Å²) in [6.45, 7) is 0.384. The fourth-order valence-corrected chi connectivity index (χ4v) is 4.07. The number of pyridine rings is 1. The van der Waals surface area contributed by atoms with Crippen LogP contribution in [0.5, 0.6) is 0 Å². The van der Waals surface area contributed by atoms with Crippen LogP contribution >= 0.6 is 11.8 Å². The Hall–Kier alpha value is -3.45. The highest BCUT2D eigenvalue weighted by molar-refractivity contribution is 7.98. The number of carbonyl (C=O) groups is 1. The second kappa shape index (κ2) is 8.92. The van der Waals surface area contributed by atoms with Crippen LogP contribution in [0, 0.1) is 0 Å². The summed E-state index contributed by atoms with van der Waals surface area (Å²) in [4.78, 5) is 33.8. The van der Waals surface area contributed by atoms with Gasteiger partial charge in [-0.25, -0.2) is 9.78 Å². The Kier molecular flexibility index (Phi) is 5.90. The predicted octanol–water partition coefficient (Wildman–Crippen LogP) is 3.92. The molecule has 2 heterocycles. The van der Waals surface area contributed by atoms with E-state index in [4.69, 9.17) is 9.72 Å². The van der Waals surface area contributed by atoms with Gasteiger partial charge in [0.1, 0.15) is 0 Å². The van der Waals surface area contributed by atoms with Gasteiger partial charge in [0.2, 0.25) is 0 Å². The van der Waals surface area contributed by atoms with Crippen molar-refractivity contribution in [3.63, 3.8) is 0 Å². The molecule has 0 fully saturated rings. The fraction of sp³-hybridized carbons (Fsp3) is 0.130. The zero-order valence-electron chi connectivity index (χ0n) is 16.3. The van der Waals surface area contributed by atoms with Crippen LogP contribution in [0.15, 0.2) is 83.0 Å². The van der Waals surface area contributed by atoms with Crippen LogP contribution in [-0.2, 0) is 17.0 Å². The van der Waals surface area contributed by atoms with Crippen molar-refractivity contribution < 1.29 is 9.53 Å². The molecular formula is C23H19N3O3S. The third-order valence-corrected chi connectivity index (χ3v) is 5.65. The SMILES string of the molecule is COC(=O)c1cccc(CSc2nc3ccccc3c(=O)n2Cc2cccnc2)c1. The summed E-state index contributed by atoms with van der Waals surface area (Å²) in [5.41, 5.74) is 2.94. The van der Waals surface area contributed by atoms with E-state index in [2.05, 4.69) is 4.98 Å². The average Bonchev–Trinajstić information content (AvgIpc) is 2.80. The molecule has 0 saturated carbocycles. The average molecular weight is 417 g/mol. The lowest BCUT2D eigenvalue weighted by Gasteiger charge is -2.13. The lowest BCUT2D eigenvalue weighted by atomic mass is 10.1. The minimum atomic E-state index is -0.376. The normalized spacial score (nSPS) is 10.8. The van der Waals surface area contributed by atoms with E-state index >= 15 is 0 Å². The molecule has 6 nitrogen and oxygen atoms in total. The molecule has 0 spiro atoms. The monoisotopic (exact) mass is 417 g/mol. The van der Waals surface area contributed by atoms with Crippen LogP contribution in [0.25, 0.3) is 10.9 Å². The quantitative estimate of drug-likeness (QED) is 0.269. The van der Waals surface area contributed by atoms with E-state index in [0.717, 1.165) is 11.1 Å². The number of nitrogens with zero attached hydrogens (tertiary/aromatic N) is 3. The van der Waals surface area contributed by atoms with Gasteiger partial charge in [0.25, 0.3) is 5.56 Å². The van der Waals surface area contributed by atoms with Gasteiger partial charge in [-0.15, -0.1) is 0 Å². The second-order valence-electron chi connectivity index (χ2n) is 6.64. The number of esters is 1. The minimum Gasteiger partial charge on any atom is -0.465 e. The highest BCUT2D eigenvalue weighted by Gasteiger charge is 2.13. The number of hydrogen-bond donors (Lipinski definition) is 0. The Bertz CT molecular complexity index is 1260. The van der Waals surface area contributed by atoms with E-state index in [1.54, 1.807) is 35.2 Å². The van der Waals surface area contributed by atoms with E-state index in [1.165, 1.54) is 18.9 Å². The van der Waals surface area contributed by atoms with Crippen molar-refractivity contribution in [2.75, 3.05) is 7.11 Å². The summed E-state index contributed by atoms with van der Waals surface area (Å²) in [7, 11) is 1.36. The van der Waals surface area contributed by atoms with Crippen molar-refractivity contribution in [1.82, 2.24) is 14.5 Å². The number of benzene rings is 2. The van der Waals surface area contributed by atoms with E-state index in [-0.39, 0.29) is 11.5 Å². The zero-order valence-corrected chi connectivity index (χ0v) is 17.1. The largest absolute Gasteiger partial charge is 0.465 e. The first-order valence-electron chi connectivity index (χ1n) is 9.34. The summed E-state index contributed by atoms with van der Waals surface area (Å²) >= 11 is 1.46. The lowest BCUT2D eigenvalue weighted by Crippen LogP contribution is -2.24. The summed E-state index contributed by atoms with van der Waals surface area (Å²) in [5.74, 6) is 0.182. The van der Waals surface area contributed by atoms with E-state index in [0.29, 0.717) is 33.9 Å². The van der Waals surface area contributed by atoms with Crippen molar-refractivity contribution in [2.45, 2.75) is 17.5 Å². The maximum atomic E-state index is 13.2. The Morgan fingerprint density at radius 1 is 1.07 bits per heavy atom. The zero-order chi connectivity index (χ0) is 20.9. The van der Waals surface area contributed by atoms with E-state index < -0.39 is 0 Å². The van der Waals surface area contributed by atoms with Gasteiger partial charge >= 0.3 is 5.97 Å². The Morgan fingerprint density at radius 3 is 2.70 bits per heavy atom. The third-order valence-electron chi connectivity index (χ3n) is 4.61. The molecule has 0 aliphatic heterocycles. The van der Waals surface area contributed by atoms with Gasteiger partial charge in [0, 0.05) is 18.1 Å². The van der Waals surface area contributed by atoms with Crippen LogP contribution < -0.4 is 5.56 Å². The van der Waals surface area contributed by atoms with Gasteiger partial charge in [-0.1, -0.05) is 42.1 Å². The number of methoxy groups -OCH3 is 1. The summed E-state index contributed by atoms with van der Waals surface area (Å²) in [5, 5.41) is 1.20. The van der Waals surface area contributed by atoms with E-state index in [1.807, 2.05) is 42.5 Å². The number of fused-ring (bicyclic) bond motifs is 1. The molecule has 0 amide bonds. The van der Waals surface area contributed by atoms with Crippen LogP contribution in [-0.4, -0.2) is 27.6 Å². The van der Waals surface area contributed by atoms with E-state index in [9.17, 15) is 9.59 Å². The molecule has 4 aromatic rings. The molecule has 4 rings (SSSR count). The maximum absolute atomic E-state index is 13.2. The number of para-hydroxylation sites is 1. The standard InChI is InChI=1S/C23H19N3O3S/c1-29-22(28)18-8-4-6-16(12-18)15-30-23-25-20-10-3-2-9-19(20)21(27)26(23)14-17-7-5-11-24-13-17/h2-13H,14-15H2,1H3. The van der Waals surface area contributed by atoms with Crippen molar-refractivity contribution in [3.8, 4) is 0 Å². The topological polar surface area (TPSA) is 74.1 Å². The van der Waals surface area contributed by atoms with Crippen molar-refractivity contribution in [3.05, 3.63) is 100 Å². The molecule has 0 saturated heterocycles. The number of hydrogen-bond acceptors (Lipinski definition) is 6. The molecule has 0 radical (unpaired) electrons. The first kappa shape index (κ1) is 19.8. The van der Waals surface area contributed by atoms with Crippen LogP contribution in [0.1, 0.15) is 21.5 Å². The molecule has 0 N–H and O–H groups in total. The van der Waals surface area contributed by atoms with Gasteiger partial charge in [-0.3, -0.25) is 14.3 Å². The van der Waals surface area contributed by atoms with Gasteiger partial charge in [0.15, 0.2) is 5.16 Å². The van der Waals surface area contributed by atoms with Gasteiger partial charge in [0.05, 0.1) is 30.1 Å². The summed E-state index contributed by atoms with van der Waals surface area (Å²) in [6.07, 6.45) is 3.45. The molecule has 0 bridgehead atoms. The minimum absolute atomic E-state index is 0.0877. The highest BCUT2D eigenvalue weighted by atomic mass is 32.2. The number of ether oxygens (including phenoxy) is 1. The number of thioether (sulfide) groups is 1. The van der Waals surface area contributed by atoms with Crippen LogP contribution in [0.2, 0.25) is 0 Å². The van der Waals surface area contributed by atoms with Gasteiger partial charge in [-0.05, 0) is 41.5 Å². The maximum Gasteiger partial charge on any atom is 0.337 e. The first-order chi connectivity index (χ1) is 14.7. The molecule has 0 aliphatic carbocycles. The number of rotatable bonds is 6. The summed E-state index contributed by atoms with van der Waals surface area (Å²) in [6, 6.07) is 18.4. The van der Waals surface area contributed by atoms with Crippen LogP contribution in [0.3, 0.4) is 0 Å². The molecule has 150 valence electrons. The highest BCUT2D eigenvalue weighted by Crippen LogP contribution is 2.23. The Balaban J connectivity index is 1.70. The molecule has 7 heteroatoms. The smallest absolute Gasteiger partial charge is 0.337 e. The second-order valence-corrected chi connectivity index (χ2v) is 7.59. The molecule has 0 unspecified atom stereocenters.